The van der Waals surface area contributed by atoms with Crippen LogP contribution in [0.4, 0.5) is 18.9 Å². The van der Waals surface area contributed by atoms with Crippen LogP contribution in [0.2, 0.25) is 0 Å². The van der Waals surface area contributed by atoms with Crippen LogP contribution >= 0.6 is 11.8 Å². The van der Waals surface area contributed by atoms with E-state index in [0.29, 0.717) is 11.3 Å². The summed E-state index contributed by atoms with van der Waals surface area (Å²) in [4.78, 5) is 6.95. The van der Waals surface area contributed by atoms with Gasteiger partial charge in [0.05, 0.1) is 19.1 Å². The topological polar surface area (TPSA) is 45.1 Å². The standard InChI is InChI=1S/C21H25F3N2O2S/c1-6-26(3)13-25-18-12-19(28-4)17(11-14(18)2)20(27,21(22,23)24)15-7-9-16(29-5)10-8-15/h7-13,27H,6H2,1-5H3/b25-13+. The molecule has 1 atom stereocenters. The minimum atomic E-state index is -4.96. The molecule has 29 heavy (non-hydrogen) atoms. The lowest BCUT2D eigenvalue weighted by atomic mass is 9.84. The van der Waals surface area contributed by atoms with Gasteiger partial charge >= 0.3 is 6.18 Å². The van der Waals surface area contributed by atoms with Gasteiger partial charge in [-0.1, -0.05) is 12.1 Å². The van der Waals surface area contributed by atoms with Crippen molar-refractivity contribution >= 4 is 23.8 Å². The number of rotatable bonds is 7. The highest BCUT2D eigenvalue weighted by Crippen LogP contribution is 2.48. The molecule has 158 valence electrons. The monoisotopic (exact) mass is 426 g/mol. The summed E-state index contributed by atoms with van der Waals surface area (Å²) in [5.74, 6) is -0.0873. The number of nitrogens with zero attached hydrogens (tertiary/aromatic N) is 2. The second-order valence-electron chi connectivity index (χ2n) is 6.59. The molecule has 0 aromatic heterocycles. The van der Waals surface area contributed by atoms with E-state index in [-0.39, 0.29) is 16.9 Å². The van der Waals surface area contributed by atoms with Gasteiger partial charge in [-0.25, -0.2) is 4.99 Å². The molecule has 0 aliphatic rings. The highest BCUT2D eigenvalue weighted by molar-refractivity contribution is 7.98. The summed E-state index contributed by atoms with van der Waals surface area (Å²) in [5.41, 5.74) is -2.91. The number of ether oxygens (including phenoxy) is 1. The second-order valence-corrected chi connectivity index (χ2v) is 7.47. The fourth-order valence-electron chi connectivity index (χ4n) is 2.81. The maximum absolute atomic E-state index is 14.2. The molecule has 1 unspecified atom stereocenters. The first-order valence-electron chi connectivity index (χ1n) is 8.95. The fraction of sp³-hybridized carbons (Fsp3) is 0.381. The fourth-order valence-corrected chi connectivity index (χ4v) is 3.22. The number of benzene rings is 2. The number of halogens is 3. The summed E-state index contributed by atoms with van der Waals surface area (Å²) >= 11 is 1.41. The number of hydrogen-bond acceptors (Lipinski definition) is 4. The van der Waals surface area contributed by atoms with E-state index in [0.717, 1.165) is 11.4 Å². The molecule has 2 aromatic carbocycles. The first-order chi connectivity index (χ1) is 13.6. The predicted molar refractivity (Wildman–Crippen MR) is 111 cm³/mol. The molecular formula is C21H25F3N2O2S. The first-order valence-corrected chi connectivity index (χ1v) is 10.2. The lowest BCUT2D eigenvalue weighted by Gasteiger charge is -2.33. The Bertz CT molecular complexity index is 869. The Hall–Kier alpha value is -2.19. The van der Waals surface area contributed by atoms with E-state index in [1.807, 2.05) is 25.1 Å². The minimum absolute atomic E-state index is 0.0873. The van der Waals surface area contributed by atoms with E-state index in [9.17, 15) is 18.3 Å². The van der Waals surface area contributed by atoms with Crippen molar-refractivity contribution in [1.29, 1.82) is 0 Å². The number of aryl methyl sites for hydroxylation is 1. The van der Waals surface area contributed by atoms with E-state index < -0.39 is 11.8 Å². The van der Waals surface area contributed by atoms with Crippen LogP contribution in [0, 0.1) is 6.92 Å². The lowest BCUT2D eigenvalue weighted by Crippen LogP contribution is -2.43. The molecular weight excluding hydrogens is 401 g/mol. The van der Waals surface area contributed by atoms with E-state index in [4.69, 9.17) is 4.74 Å². The van der Waals surface area contributed by atoms with Crippen LogP contribution in [-0.4, -0.2) is 49.5 Å². The maximum atomic E-state index is 14.2. The van der Waals surface area contributed by atoms with Crippen molar-refractivity contribution in [2.45, 2.75) is 30.5 Å². The Morgan fingerprint density at radius 3 is 2.31 bits per heavy atom. The molecule has 0 saturated heterocycles. The highest BCUT2D eigenvalue weighted by Gasteiger charge is 2.57. The first kappa shape index (κ1) is 23.1. The average Bonchev–Trinajstić information content (AvgIpc) is 2.70. The second kappa shape index (κ2) is 9.09. The SMILES string of the molecule is CCN(C)/C=N/c1cc(OC)c(C(O)(c2ccc(SC)cc2)C(F)(F)F)cc1C. The van der Waals surface area contributed by atoms with Crippen molar-refractivity contribution in [1.82, 2.24) is 4.90 Å². The minimum Gasteiger partial charge on any atom is -0.496 e. The number of alkyl halides is 3. The molecule has 0 amide bonds. The summed E-state index contributed by atoms with van der Waals surface area (Å²) in [6.45, 7) is 4.33. The molecule has 8 heteroatoms. The predicted octanol–water partition coefficient (Wildman–Crippen LogP) is 5.14. The third kappa shape index (κ3) is 4.70. The van der Waals surface area contributed by atoms with Crippen LogP contribution in [0.5, 0.6) is 5.75 Å². The molecule has 2 rings (SSSR count). The zero-order valence-electron chi connectivity index (χ0n) is 17.0. The van der Waals surface area contributed by atoms with Gasteiger partial charge in [0.15, 0.2) is 0 Å². The van der Waals surface area contributed by atoms with E-state index in [2.05, 4.69) is 4.99 Å². The molecule has 0 aliphatic heterocycles. The Morgan fingerprint density at radius 1 is 1.21 bits per heavy atom. The van der Waals surface area contributed by atoms with Gasteiger partial charge in [-0.3, -0.25) is 0 Å². The van der Waals surface area contributed by atoms with Crippen LogP contribution in [0.3, 0.4) is 0 Å². The molecule has 0 spiro atoms. The maximum Gasteiger partial charge on any atom is 0.425 e. The van der Waals surface area contributed by atoms with Crippen molar-refractivity contribution in [3.8, 4) is 5.75 Å². The van der Waals surface area contributed by atoms with Crippen molar-refractivity contribution in [2.24, 2.45) is 4.99 Å². The van der Waals surface area contributed by atoms with Crippen molar-refractivity contribution in [3.05, 3.63) is 53.1 Å². The summed E-state index contributed by atoms with van der Waals surface area (Å²) in [5, 5.41) is 11.0. The van der Waals surface area contributed by atoms with Crippen LogP contribution in [0.1, 0.15) is 23.6 Å². The number of thioether (sulfide) groups is 1. The Labute approximate surface area is 173 Å². The van der Waals surface area contributed by atoms with Crippen molar-refractivity contribution in [3.63, 3.8) is 0 Å². The van der Waals surface area contributed by atoms with Gasteiger partial charge in [-0.2, -0.15) is 13.2 Å². The summed E-state index contributed by atoms with van der Waals surface area (Å²) in [7, 11) is 3.11. The molecule has 0 saturated carbocycles. The van der Waals surface area contributed by atoms with Crippen LogP contribution in [0.15, 0.2) is 46.3 Å². The van der Waals surface area contributed by atoms with Crippen molar-refractivity contribution in [2.75, 3.05) is 27.0 Å². The third-order valence-corrected chi connectivity index (χ3v) is 5.46. The van der Waals surface area contributed by atoms with Gasteiger partial charge < -0.3 is 14.7 Å². The van der Waals surface area contributed by atoms with Gasteiger partial charge in [0, 0.05) is 30.1 Å². The Kier molecular flexibility index (Phi) is 7.24. The van der Waals surface area contributed by atoms with Gasteiger partial charge in [0.1, 0.15) is 5.75 Å². The molecule has 0 radical (unpaired) electrons. The molecule has 0 aliphatic carbocycles. The van der Waals surface area contributed by atoms with Gasteiger partial charge in [-0.05, 0) is 49.4 Å². The molecule has 1 N–H and O–H groups in total. The van der Waals surface area contributed by atoms with Crippen molar-refractivity contribution < 1.29 is 23.0 Å². The smallest absolute Gasteiger partial charge is 0.425 e. The molecule has 0 heterocycles. The highest BCUT2D eigenvalue weighted by atomic mass is 32.2. The van der Waals surface area contributed by atoms with Gasteiger partial charge in [0.25, 0.3) is 0 Å². The zero-order chi connectivity index (χ0) is 21.8. The van der Waals surface area contributed by atoms with E-state index >= 15 is 0 Å². The normalized spacial score (nSPS) is 14.1. The third-order valence-electron chi connectivity index (χ3n) is 4.72. The average molecular weight is 427 g/mol. The molecule has 4 nitrogen and oxygen atoms in total. The number of aliphatic imine (C=N–C) groups is 1. The van der Waals surface area contributed by atoms with E-state index in [1.54, 1.807) is 25.4 Å². The number of aliphatic hydroxyl groups is 1. The lowest BCUT2D eigenvalue weighted by molar-refractivity contribution is -0.248. The van der Waals surface area contributed by atoms with Gasteiger partial charge in [0.2, 0.25) is 5.60 Å². The molecule has 0 fully saturated rings. The van der Waals surface area contributed by atoms with Crippen LogP contribution in [0.25, 0.3) is 0 Å². The van der Waals surface area contributed by atoms with E-state index in [1.165, 1.54) is 43.1 Å². The van der Waals surface area contributed by atoms with Gasteiger partial charge in [-0.15, -0.1) is 11.8 Å². The number of hydrogen-bond donors (Lipinski definition) is 1. The summed E-state index contributed by atoms with van der Waals surface area (Å²) < 4.78 is 47.7. The quantitative estimate of drug-likeness (QED) is 0.379. The molecule has 0 bridgehead atoms. The Balaban J connectivity index is 2.67. The summed E-state index contributed by atoms with van der Waals surface area (Å²) in [6.07, 6.45) is -1.54. The van der Waals surface area contributed by atoms with Crippen LogP contribution in [-0.2, 0) is 5.60 Å². The summed E-state index contributed by atoms with van der Waals surface area (Å²) in [6, 6.07) is 8.38. The Morgan fingerprint density at radius 2 is 1.83 bits per heavy atom. The molecule has 2 aromatic rings. The largest absolute Gasteiger partial charge is 0.496 e. The van der Waals surface area contributed by atoms with Crippen LogP contribution < -0.4 is 4.74 Å². The number of methoxy groups -OCH3 is 1. The zero-order valence-corrected chi connectivity index (χ0v) is 17.9.